The molecule has 0 aromatic heterocycles. The summed E-state index contributed by atoms with van der Waals surface area (Å²) in [5.74, 6) is 0.385. The maximum absolute atomic E-state index is 11.6. The van der Waals surface area contributed by atoms with Crippen LogP contribution in [0.2, 0.25) is 0 Å². The SMILES string of the molecule is CC(C)CNS(=O)(=O)Cc1ccccc1. The molecular weight excluding hydrogens is 210 g/mol. The van der Waals surface area contributed by atoms with Crippen molar-refractivity contribution in [3.8, 4) is 0 Å². The van der Waals surface area contributed by atoms with Crippen LogP contribution in [0, 0.1) is 5.92 Å². The van der Waals surface area contributed by atoms with Crippen LogP contribution in [0.3, 0.4) is 0 Å². The molecule has 1 aromatic carbocycles. The third kappa shape index (κ3) is 4.95. The Morgan fingerprint density at radius 2 is 1.80 bits per heavy atom. The first-order valence-corrected chi connectivity index (χ1v) is 6.66. The molecule has 0 spiro atoms. The Bertz CT molecular complexity index is 384. The molecule has 0 aliphatic rings. The van der Waals surface area contributed by atoms with Crippen LogP contribution >= 0.6 is 0 Å². The molecule has 0 bridgehead atoms. The molecule has 1 aromatic rings. The molecule has 0 amide bonds. The van der Waals surface area contributed by atoms with E-state index in [1.54, 1.807) is 0 Å². The van der Waals surface area contributed by atoms with Gasteiger partial charge in [0, 0.05) is 6.54 Å². The fourth-order valence-corrected chi connectivity index (χ4v) is 2.46. The maximum atomic E-state index is 11.6. The van der Waals surface area contributed by atoms with Crippen molar-refractivity contribution in [1.29, 1.82) is 0 Å². The third-order valence-corrected chi connectivity index (χ3v) is 3.23. The fourth-order valence-electron chi connectivity index (χ4n) is 1.14. The first kappa shape index (κ1) is 12.2. The molecule has 0 saturated heterocycles. The van der Waals surface area contributed by atoms with Gasteiger partial charge in [-0.25, -0.2) is 13.1 Å². The summed E-state index contributed by atoms with van der Waals surface area (Å²) in [6, 6.07) is 9.18. The van der Waals surface area contributed by atoms with Crippen LogP contribution in [0.1, 0.15) is 19.4 Å². The minimum atomic E-state index is -3.18. The third-order valence-electron chi connectivity index (χ3n) is 1.91. The highest BCUT2D eigenvalue weighted by molar-refractivity contribution is 7.88. The van der Waals surface area contributed by atoms with Gasteiger partial charge in [0.05, 0.1) is 5.75 Å². The lowest BCUT2D eigenvalue weighted by atomic mass is 10.2. The Morgan fingerprint density at radius 3 is 2.33 bits per heavy atom. The van der Waals surface area contributed by atoms with E-state index >= 15 is 0 Å². The molecule has 84 valence electrons. The van der Waals surface area contributed by atoms with Crippen molar-refractivity contribution in [3.63, 3.8) is 0 Å². The summed E-state index contributed by atoms with van der Waals surface area (Å²) < 4.78 is 25.8. The second kappa shape index (κ2) is 5.28. The number of hydrogen-bond acceptors (Lipinski definition) is 2. The van der Waals surface area contributed by atoms with Crippen LogP contribution in [0.15, 0.2) is 30.3 Å². The lowest BCUT2D eigenvalue weighted by molar-refractivity contribution is 0.559. The zero-order valence-electron chi connectivity index (χ0n) is 9.10. The largest absolute Gasteiger partial charge is 0.215 e. The van der Waals surface area contributed by atoms with Crippen LogP contribution < -0.4 is 4.72 Å². The Labute approximate surface area is 91.6 Å². The molecule has 0 saturated carbocycles. The number of sulfonamides is 1. The second-order valence-electron chi connectivity index (χ2n) is 3.99. The average Bonchev–Trinajstić information content (AvgIpc) is 2.16. The van der Waals surface area contributed by atoms with E-state index in [0.717, 1.165) is 5.56 Å². The van der Waals surface area contributed by atoms with Gasteiger partial charge in [0.15, 0.2) is 0 Å². The van der Waals surface area contributed by atoms with Crippen LogP contribution in [0.5, 0.6) is 0 Å². The quantitative estimate of drug-likeness (QED) is 0.833. The van der Waals surface area contributed by atoms with Crippen molar-refractivity contribution in [2.75, 3.05) is 6.54 Å². The first-order valence-electron chi connectivity index (χ1n) is 5.01. The molecule has 0 heterocycles. The molecule has 0 fully saturated rings. The molecule has 15 heavy (non-hydrogen) atoms. The van der Waals surface area contributed by atoms with E-state index in [1.165, 1.54) is 0 Å². The van der Waals surface area contributed by atoms with Crippen LogP contribution in [0.4, 0.5) is 0 Å². The number of rotatable bonds is 5. The van der Waals surface area contributed by atoms with Crippen molar-refractivity contribution in [3.05, 3.63) is 35.9 Å². The summed E-state index contributed by atoms with van der Waals surface area (Å²) in [6.45, 7) is 4.45. The summed E-state index contributed by atoms with van der Waals surface area (Å²) in [4.78, 5) is 0. The molecule has 1 rings (SSSR count). The minimum Gasteiger partial charge on any atom is -0.215 e. The van der Waals surface area contributed by atoms with Gasteiger partial charge in [0.25, 0.3) is 0 Å². The van der Waals surface area contributed by atoms with E-state index in [2.05, 4.69) is 4.72 Å². The van der Waals surface area contributed by atoms with Gasteiger partial charge in [0.1, 0.15) is 0 Å². The Kier molecular flexibility index (Phi) is 4.29. The zero-order valence-corrected chi connectivity index (χ0v) is 9.92. The fraction of sp³-hybridized carbons (Fsp3) is 0.455. The highest BCUT2D eigenvalue weighted by atomic mass is 32.2. The molecule has 0 aliphatic heterocycles. The van der Waals surface area contributed by atoms with Crippen molar-refractivity contribution in [1.82, 2.24) is 4.72 Å². The van der Waals surface area contributed by atoms with Gasteiger partial charge in [-0.3, -0.25) is 0 Å². The summed E-state index contributed by atoms with van der Waals surface area (Å²) in [5.41, 5.74) is 0.814. The van der Waals surface area contributed by atoms with Crippen molar-refractivity contribution >= 4 is 10.0 Å². The number of benzene rings is 1. The summed E-state index contributed by atoms with van der Waals surface area (Å²) in [6.07, 6.45) is 0. The van der Waals surface area contributed by atoms with Gasteiger partial charge < -0.3 is 0 Å². The predicted molar refractivity (Wildman–Crippen MR) is 61.9 cm³/mol. The number of hydrogen-bond donors (Lipinski definition) is 1. The van der Waals surface area contributed by atoms with Gasteiger partial charge in [-0.05, 0) is 11.5 Å². The topological polar surface area (TPSA) is 46.2 Å². The molecule has 0 atom stereocenters. The van der Waals surface area contributed by atoms with Crippen molar-refractivity contribution in [2.24, 2.45) is 5.92 Å². The summed E-state index contributed by atoms with van der Waals surface area (Å²) in [5, 5.41) is 0. The van der Waals surface area contributed by atoms with E-state index in [9.17, 15) is 8.42 Å². The minimum absolute atomic E-state index is 0.0561. The van der Waals surface area contributed by atoms with Gasteiger partial charge >= 0.3 is 0 Å². The zero-order chi connectivity index (χ0) is 11.3. The lowest BCUT2D eigenvalue weighted by Gasteiger charge is -2.08. The maximum Gasteiger partial charge on any atom is 0.215 e. The molecule has 0 unspecified atom stereocenters. The molecule has 0 radical (unpaired) electrons. The van der Waals surface area contributed by atoms with E-state index in [1.807, 2.05) is 44.2 Å². The first-order chi connectivity index (χ1) is 6.99. The lowest BCUT2D eigenvalue weighted by Crippen LogP contribution is -2.28. The van der Waals surface area contributed by atoms with Crippen LogP contribution in [-0.4, -0.2) is 15.0 Å². The molecule has 0 aliphatic carbocycles. The second-order valence-corrected chi connectivity index (χ2v) is 5.79. The van der Waals surface area contributed by atoms with Crippen LogP contribution in [0.25, 0.3) is 0 Å². The molecule has 3 nitrogen and oxygen atoms in total. The highest BCUT2D eigenvalue weighted by Gasteiger charge is 2.10. The van der Waals surface area contributed by atoms with E-state index in [0.29, 0.717) is 12.5 Å². The monoisotopic (exact) mass is 227 g/mol. The smallest absolute Gasteiger partial charge is 0.215 e. The normalized spacial score (nSPS) is 11.9. The Hall–Kier alpha value is -0.870. The standard InChI is InChI=1S/C11H17NO2S/c1-10(2)8-12-15(13,14)9-11-6-4-3-5-7-11/h3-7,10,12H,8-9H2,1-2H3. The molecular formula is C11H17NO2S. The van der Waals surface area contributed by atoms with Crippen LogP contribution in [-0.2, 0) is 15.8 Å². The Morgan fingerprint density at radius 1 is 1.20 bits per heavy atom. The predicted octanol–water partition coefficient (Wildman–Crippen LogP) is 1.76. The Balaban J connectivity index is 2.57. The molecule has 1 N–H and O–H groups in total. The molecule has 4 heteroatoms. The van der Waals surface area contributed by atoms with E-state index in [4.69, 9.17) is 0 Å². The van der Waals surface area contributed by atoms with Gasteiger partial charge in [-0.15, -0.1) is 0 Å². The van der Waals surface area contributed by atoms with E-state index < -0.39 is 10.0 Å². The van der Waals surface area contributed by atoms with Crippen molar-refractivity contribution in [2.45, 2.75) is 19.6 Å². The number of nitrogens with one attached hydrogen (secondary N) is 1. The van der Waals surface area contributed by atoms with Gasteiger partial charge in [-0.2, -0.15) is 0 Å². The highest BCUT2D eigenvalue weighted by Crippen LogP contribution is 2.04. The average molecular weight is 227 g/mol. The van der Waals surface area contributed by atoms with Gasteiger partial charge in [0.2, 0.25) is 10.0 Å². The summed E-state index contributed by atoms with van der Waals surface area (Å²) in [7, 11) is -3.18. The van der Waals surface area contributed by atoms with Crippen molar-refractivity contribution < 1.29 is 8.42 Å². The van der Waals surface area contributed by atoms with E-state index in [-0.39, 0.29) is 5.75 Å². The van der Waals surface area contributed by atoms with Gasteiger partial charge in [-0.1, -0.05) is 44.2 Å². The summed E-state index contributed by atoms with van der Waals surface area (Å²) >= 11 is 0.